The zero-order valence-corrected chi connectivity index (χ0v) is 21.2. The number of ether oxygens (including phenoxy) is 3. The summed E-state index contributed by atoms with van der Waals surface area (Å²) < 4.78 is 16.4. The van der Waals surface area contributed by atoms with Gasteiger partial charge < -0.3 is 25.7 Å². The first-order chi connectivity index (χ1) is 16.8. The number of guanidine groups is 1. The van der Waals surface area contributed by atoms with Crippen molar-refractivity contribution in [1.29, 1.82) is 0 Å². The minimum absolute atomic E-state index is 0. The molecule has 4 N–H and O–H groups in total. The highest BCUT2D eigenvalue weighted by Crippen LogP contribution is 2.40. The summed E-state index contributed by atoms with van der Waals surface area (Å²) in [5, 5.41) is 11.6. The second kappa shape index (κ2) is 12.9. The van der Waals surface area contributed by atoms with Crippen molar-refractivity contribution in [2.45, 2.75) is 13.1 Å². The highest BCUT2D eigenvalue weighted by Gasteiger charge is 2.24. The van der Waals surface area contributed by atoms with Gasteiger partial charge in [-0.2, -0.15) is 4.99 Å². The quantitative estimate of drug-likeness (QED) is 0.215. The fraction of sp³-hybridized carbons (Fsp3) is 0.391. The molecule has 2 aromatic carbocycles. The maximum atomic E-state index is 12.0. The van der Waals surface area contributed by atoms with Gasteiger partial charge in [-0.1, -0.05) is 12.1 Å². The van der Waals surface area contributed by atoms with Crippen molar-refractivity contribution in [3.05, 3.63) is 57.1 Å². The lowest BCUT2D eigenvalue weighted by molar-refractivity contribution is -0.385. The third kappa shape index (κ3) is 6.74. The molecule has 2 aromatic rings. The van der Waals surface area contributed by atoms with Crippen LogP contribution in [0.1, 0.15) is 21.5 Å². The number of halogens is 1. The molecule has 0 bridgehead atoms. The highest BCUT2D eigenvalue weighted by atomic mass is 35.5. The Morgan fingerprint density at radius 1 is 0.944 bits per heavy atom. The van der Waals surface area contributed by atoms with Crippen LogP contribution in [0.4, 0.5) is 5.69 Å². The van der Waals surface area contributed by atoms with Crippen molar-refractivity contribution in [2.24, 2.45) is 16.5 Å². The summed E-state index contributed by atoms with van der Waals surface area (Å²) in [5.74, 6) is 0.676. The minimum atomic E-state index is -0.723. The van der Waals surface area contributed by atoms with E-state index in [0.717, 1.165) is 31.7 Å². The Morgan fingerprint density at radius 3 is 2.00 bits per heavy atom. The Morgan fingerprint density at radius 2 is 1.50 bits per heavy atom. The smallest absolute Gasteiger partial charge is 0.280 e. The Bertz CT molecular complexity index is 1120. The molecule has 1 aliphatic rings. The highest BCUT2D eigenvalue weighted by molar-refractivity contribution is 6.02. The van der Waals surface area contributed by atoms with E-state index in [1.54, 1.807) is 27.4 Å². The normalized spacial score (nSPS) is 13.9. The predicted molar refractivity (Wildman–Crippen MR) is 137 cm³/mol. The number of piperazine rings is 1. The molecule has 1 amide bonds. The van der Waals surface area contributed by atoms with Crippen LogP contribution in [0.3, 0.4) is 0 Å². The zero-order chi connectivity index (χ0) is 25.5. The van der Waals surface area contributed by atoms with Crippen LogP contribution in [0, 0.1) is 10.1 Å². The second-order valence-corrected chi connectivity index (χ2v) is 7.99. The number of nitrogens with zero attached hydrogens (tertiary/aromatic N) is 4. The van der Waals surface area contributed by atoms with Gasteiger partial charge in [0.15, 0.2) is 17.5 Å². The van der Waals surface area contributed by atoms with E-state index < -0.39 is 16.8 Å². The van der Waals surface area contributed by atoms with Gasteiger partial charge in [0.25, 0.3) is 11.6 Å². The number of hydrogen-bond donors (Lipinski definition) is 2. The van der Waals surface area contributed by atoms with E-state index in [9.17, 15) is 14.9 Å². The molecule has 0 radical (unpaired) electrons. The van der Waals surface area contributed by atoms with Gasteiger partial charge in [-0.25, -0.2) is 0 Å². The molecule has 196 valence electrons. The molecule has 0 atom stereocenters. The van der Waals surface area contributed by atoms with Crippen LogP contribution in [-0.2, 0) is 13.1 Å². The van der Waals surface area contributed by atoms with Gasteiger partial charge in [-0.3, -0.25) is 24.7 Å². The number of nitro groups is 1. The molecule has 0 saturated carbocycles. The Hall–Kier alpha value is -3.61. The molecule has 12 nitrogen and oxygen atoms in total. The lowest BCUT2D eigenvalue weighted by Crippen LogP contribution is -2.45. The Kier molecular flexibility index (Phi) is 10.3. The molecule has 0 unspecified atom stereocenters. The summed E-state index contributed by atoms with van der Waals surface area (Å²) in [6.07, 6.45) is 0. The molecule has 0 aromatic heterocycles. The van der Waals surface area contributed by atoms with Crippen molar-refractivity contribution < 1.29 is 23.9 Å². The van der Waals surface area contributed by atoms with E-state index in [2.05, 4.69) is 14.8 Å². The van der Waals surface area contributed by atoms with Gasteiger partial charge in [-0.05, 0) is 12.1 Å². The number of amides is 1. The van der Waals surface area contributed by atoms with Crippen LogP contribution in [0.15, 0.2) is 35.3 Å². The van der Waals surface area contributed by atoms with Crippen LogP contribution in [0.5, 0.6) is 17.2 Å². The van der Waals surface area contributed by atoms with Crippen LogP contribution in [-0.4, -0.2) is 74.1 Å². The van der Waals surface area contributed by atoms with Gasteiger partial charge in [0.2, 0.25) is 5.75 Å². The lowest BCUT2D eigenvalue weighted by Gasteiger charge is -2.35. The summed E-state index contributed by atoms with van der Waals surface area (Å²) >= 11 is 0. The maximum Gasteiger partial charge on any atom is 0.280 e. The fourth-order valence-electron chi connectivity index (χ4n) is 4.06. The van der Waals surface area contributed by atoms with E-state index in [0.29, 0.717) is 35.9 Å². The first-order valence-corrected chi connectivity index (χ1v) is 10.9. The number of rotatable bonds is 9. The van der Waals surface area contributed by atoms with Gasteiger partial charge in [0, 0.05) is 62.0 Å². The molecule has 0 aliphatic carbocycles. The molecule has 36 heavy (non-hydrogen) atoms. The first-order valence-electron chi connectivity index (χ1n) is 10.9. The molecule has 0 spiro atoms. The third-order valence-electron chi connectivity index (χ3n) is 5.80. The molecular weight excluding hydrogens is 492 g/mol. The number of nitro benzene ring substituents is 1. The second-order valence-electron chi connectivity index (χ2n) is 7.99. The molecule has 3 rings (SSSR count). The van der Waals surface area contributed by atoms with E-state index in [1.807, 2.05) is 12.1 Å². The number of carbonyl (C=O) groups is 1. The van der Waals surface area contributed by atoms with Crippen LogP contribution < -0.4 is 25.7 Å². The van der Waals surface area contributed by atoms with Crippen LogP contribution >= 0.6 is 12.4 Å². The summed E-state index contributed by atoms with van der Waals surface area (Å²) in [6, 6.07) is 8.10. The molecule has 1 heterocycles. The van der Waals surface area contributed by atoms with Crippen molar-refractivity contribution in [2.75, 3.05) is 47.5 Å². The SMILES string of the molecule is COc1ccc(CN2CCN(Cc3ccc(C(=O)N=C(N)N)cc3[N+](=O)[O-])CC2)c(OC)c1OC.Cl. The largest absolute Gasteiger partial charge is 0.493 e. The standard InChI is InChI=1S/C23H30N6O6.ClH/c1-33-19-7-6-17(20(34-2)21(19)35-3)14-28-10-8-27(9-11-28)13-16-5-4-15(12-18(16)29(31)32)22(30)26-23(24)25;/h4-7,12H,8-11,13-14H2,1-3H3,(H4,24,25,26,30);1H. The summed E-state index contributed by atoms with van der Waals surface area (Å²) in [4.78, 5) is 31.0. The molecule has 1 fully saturated rings. The number of nitrogens with two attached hydrogens (primary N) is 2. The van der Waals surface area contributed by atoms with Crippen molar-refractivity contribution >= 4 is 30.0 Å². The van der Waals surface area contributed by atoms with Crippen molar-refractivity contribution in [1.82, 2.24) is 9.80 Å². The number of benzene rings is 2. The van der Waals surface area contributed by atoms with Gasteiger partial charge in [0.1, 0.15) is 0 Å². The van der Waals surface area contributed by atoms with E-state index in [1.165, 1.54) is 12.1 Å². The van der Waals surface area contributed by atoms with Crippen molar-refractivity contribution in [3.8, 4) is 17.2 Å². The average molecular weight is 523 g/mol. The molecule has 13 heteroatoms. The lowest BCUT2D eigenvalue weighted by atomic mass is 10.1. The monoisotopic (exact) mass is 522 g/mol. The Balaban J connectivity index is 0.00000456. The number of carbonyl (C=O) groups excluding carboxylic acids is 1. The zero-order valence-electron chi connectivity index (χ0n) is 20.4. The minimum Gasteiger partial charge on any atom is -0.493 e. The molecular formula is C23H31ClN6O6. The van der Waals surface area contributed by atoms with Crippen molar-refractivity contribution in [3.63, 3.8) is 0 Å². The number of hydrogen-bond acceptors (Lipinski definition) is 8. The topological polar surface area (TPSA) is 159 Å². The Labute approximate surface area is 215 Å². The summed E-state index contributed by atoms with van der Waals surface area (Å²) in [5.41, 5.74) is 11.9. The number of methoxy groups -OCH3 is 3. The fourth-order valence-corrected chi connectivity index (χ4v) is 4.06. The van der Waals surface area contributed by atoms with E-state index in [4.69, 9.17) is 25.7 Å². The average Bonchev–Trinajstić information content (AvgIpc) is 2.84. The number of aliphatic imine (C=N–C) groups is 1. The third-order valence-corrected chi connectivity index (χ3v) is 5.80. The van der Waals surface area contributed by atoms with E-state index in [-0.39, 0.29) is 23.7 Å². The van der Waals surface area contributed by atoms with Gasteiger partial charge in [-0.15, -0.1) is 12.4 Å². The predicted octanol–water partition coefficient (Wildman–Crippen LogP) is 1.77. The first kappa shape index (κ1) is 28.6. The maximum absolute atomic E-state index is 12.0. The van der Waals surface area contributed by atoms with Crippen LogP contribution in [0.25, 0.3) is 0 Å². The van der Waals surface area contributed by atoms with Gasteiger partial charge >= 0.3 is 0 Å². The molecule has 1 aliphatic heterocycles. The summed E-state index contributed by atoms with van der Waals surface area (Å²) in [7, 11) is 4.75. The van der Waals surface area contributed by atoms with Crippen LogP contribution in [0.2, 0.25) is 0 Å². The summed E-state index contributed by atoms with van der Waals surface area (Å²) in [6.45, 7) is 4.04. The van der Waals surface area contributed by atoms with E-state index >= 15 is 0 Å². The van der Waals surface area contributed by atoms with Gasteiger partial charge in [0.05, 0.1) is 26.3 Å². The molecule has 1 saturated heterocycles.